The van der Waals surface area contributed by atoms with Gasteiger partial charge in [-0.15, -0.1) is 0 Å². The largest absolute Gasteiger partial charge is 0.345 e. The van der Waals surface area contributed by atoms with Gasteiger partial charge in [-0.25, -0.2) is 19.7 Å². The van der Waals surface area contributed by atoms with Crippen molar-refractivity contribution in [1.29, 1.82) is 0 Å². The maximum atomic E-state index is 12.8. The second kappa shape index (κ2) is 13.0. The van der Waals surface area contributed by atoms with E-state index in [1.54, 1.807) is 0 Å². The minimum Gasteiger partial charge on any atom is -0.306 e. The SMILES string of the molecule is Cc1cc2[nH]nc(/C=C/c3cc(C)c(C)c(NC(=O)N(O)C4CCCCC4)c3)c2cc1NC(=O)N(O)C1CCCCC1. The standard InChI is InChI=1S/C32H42N6O4/c1-20-16-23(18-29(22(20)3)34-32(40)38(42)25-12-8-5-9-13-25)14-15-27-26-19-28(21(2)17-30(26)36-35-27)33-31(39)37(41)24-10-6-4-7-11-24/h14-19,24-25,41-42H,4-13H2,1-3H3,(H,33,39)(H,34,40)(H,35,36)/b15-14+. The lowest BCUT2D eigenvalue weighted by Crippen LogP contribution is -2.41. The van der Waals surface area contributed by atoms with Gasteiger partial charge in [0.15, 0.2) is 0 Å². The number of rotatable bonds is 6. The third-order valence-electron chi connectivity index (χ3n) is 8.80. The highest BCUT2D eigenvalue weighted by atomic mass is 16.5. The first-order valence-electron chi connectivity index (χ1n) is 15.1. The number of aromatic nitrogens is 2. The number of aromatic amines is 1. The fraction of sp³-hybridized carbons (Fsp3) is 0.469. The normalized spacial score (nSPS) is 16.6. The molecular formula is C32H42N6O4. The molecular weight excluding hydrogens is 532 g/mol. The van der Waals surface area contributed by atoms with Crippen LogP contribution >= 0.6 is 0 Å². The molecule has 0 atom stereocenters. The van der Waals surface area contributed by atoms with Crippen molar-refractivity contribution >= 4 is 46.5 Å². The molecule has 5 rings (SSSR count). The zero-order chi connectivity index (χ0) is 29.8. The summed E-state index contributed by atoms with van der Waals surface area (Å²) < 4.78 is 0. The molecule has 2 aliphatic carbocycles. The van der Waals surface area contributed by atoms with E-state index in [2.05, 4.69) is 20.8 Å². The van der Waals surface area contributed by atoms with Crippen molar-refractivity contribution in [2.45, 2.75) is 97.1 Å². The van der Waals surface area contributed by atoms with Crippen LogP contribution in [0.25, 0.3) is 23.1 Å². The van der Waals surface area contributed by atoms with Crippen molar-refractivity contribution in [2.24, 2.45) is 0 Å². The first kappa shape index (κ1) is 29.6. The second-order valence-corrected chi connectivity index (χ2v) is 11.8. The lowest BCUT2D eigenvalue weighted by Gasteiger charge is -2.29. The smallest absolute Gasteiger partial charge is 0.306 e. The molecule has 2 aliphatic rings. The molecule has 2 saturated carbocycles. The van der Waals surface area contributed by atoms with Crippen LogP contribution in [-0.2, 0) is 0 Å². The van der Waals surface area contributed by atoms with E-state index in [-0.39, 0.29) is 12.1 Å². The predicted molar refractivity (Wildman–Crippen MR) is 165 cm³/mol. The first-order chi connectivity index (χ1) is 20.2. The van der Waals surface area contributed by atoms with Crippen LogP contribution in [0.15, 0.2) is 24.3 Å². The minimum absolute atomic E-state index is 0.151. The van der Waals surface area contributed by atoms with E-state index in [1.807, 2.05) is 57.2 Å². The summed E-state index contributed by atoms with van der Waals surface area (Å²) in [5.41, 5.74) is 6.45. The van der Waals surface area contributed by atoms with E-state index in [4.69, 9.17) is 0 Å². The molecule has 224 valence electrons. The molecule has 5 N–H and O–H groups in total. The zero-order valence-electron chi connectivity index (χ0n) is 24.7. The Bertz CT molecular complexity index is 1470. The maximum Gasteiger partial charge on any atom is 0.345 e. The van der Waals surface area contributed by atoms with Gasteiger partial charge in [-0.3, -0.25) is 15.5 Å². The molecule has 1 aromatic heterocycles. The fourth-order valence-electron chi connectivity index (χ4n) is 6.07. The number of carbonyl (C=O) groups is 2. The maximum absolute atomic E-state index is 12.8. The number of fused-ring (bicyclic) bond motifs is 1. The Morgan fingerprint density at radius 2 is 1.36 bits per heavy atom. The van der Waals surface area contributed by atoms with Gasteiger partial charge >= 0.3 is 12.1 Å². The number of urea groups is 2. The molecule has 0 unspecified atom stereocenters. The summed E-state index contributed by atoms with van der Waals surface area (Å²) in [4.78, 5) is 25.6. The molecule has 2 fully saturated rings. The molecule has 0 saturated heterocycles. The molecule has 1 heterocycles. The van der Waals surface area contributed by atoms with E-state index < -0.39 is 12.1 Å². The summed E-state index contributed by atoms with van der Waals surface area (Å²) in [6, 6.07) is 6.36. The van der Waals surface area contributed by atoms with Crippen LogP contribution in [0.3, 0.4) is 0 Å². The predicted octanol–water partition coefficient (Wildman–Crippen LogP) is 7.77. The number of hydrogen-bond donors (Lipinski definition) is 5. The number of carbonyl (C=O) groups excluding carboxylic acids is 2. The Morgan fingerprint density at radius 1 is 0.786 bits per heavy atom. The lowest BCUT2D eigenvalue weighted by molar-refractivity contribution is -0.0820. The van der Waals surface area contributed by atoms with Crippen molar-refractivity contribution in [3.8, 4) is 0 Å². The zero-order valence-corrected chi connectivity index (χ0v) is 24.7. The summed E-state index contributed by atoms with van der Waals surface area (Å²) in [5.74, 6) is 0. The van der Waals surface area contributed by atoms with Crippen molar-refractivity contribution in [1.82, 2.24) is 20.3 Å². The number of nitrogens with zero attached hydrogens (tertiary/aromatic N) is 3. The molecule has 0 bridgehead atoms. The highest BCUT2D eigenvalue weighted by Crippen LogP contribution is 2.29. The Hall–Kier alpha value is -3.89. The van der Waals surface area contributed by atoms with Gasteiger partial charge < -0.3 is 10.6 Å². The van der Waals surface area contributed by atoms with Crippen LogP contribution in [0, 0.1) is 20.8 Å². The number of benzene rings is 2. The number of anilines is 2. The third kappa shape index (κ3) is 6.60. The van der Waals surface area contributed by atoms with Crippen molar-refractivity contribution in [3.63, 3.8) is 0 Å². The lowest BCUT2D eigenvalue weighted by atomic mass is 9.95. The number of hydrogen-bond acceptors (Lipinski definition) is 5. The topological polar surface area (TPSA) is 134 Å². The number of hydroxylamine groups is 4. The Labute approximate surface area is 246 Å². The molecule has 10 heteroatoms. The summed E-state index contributed by atoms with van der Waals surface area (Å²) in [6.07, 6.45) is 13.4. The summed E-state index contributed by atoms with van der Waals surface area (Å²) in [6.45, 7) is 5.84. The Morgan fingerprint density at radius 3 is 1.95 bits per heavy atom. The average molecular weight is 575 g/mol. The minimum atomic E-state index is -0.528. The van der Waals surface area contributed by atoms with Crippen molar-refractivity contribution in [2.75, 3.05) is 10.6 Å². The highest BCUT2D eigenvalue weighted by molar-refractivity contribution is 5.97. The molecule has 4 amide bonds. The number of amides is 4. The van der Waals surface area contributed by atoms with Crippen LogP contribution in [0.2, 0.25) is 0 Å². The Balaban J connectivity index is 1.33. The average Bonchev–Trinajstić information content (AvgIpc) is 3.39. The number of aryl methyl sites for hydroxylation is 2. The van der Waals surface area contributed by atoms with Crippen LogP contribution in [0.4, 0.5) is 21.0 Å². The van der Waals surface area contributed by atoms with Crippen molar-refractivity contribution in [3.05, 3.63) is 52.2 Å². The van der Waals surface area contributed by atoms with Crippen LogP contribution < -0.4 is 10.6 Å². The molecule has 3 aromatic rings. The van der Waals surface area contributed by atoms with Crippen LogP contribution in [-0.4, -0.2) is 54.9 Å². The molecule has 42 heavy (non-hydrogen) atoms. The number of H-pyrrole nitrogens is 1. The van der Waals surface area contributed by atoms with Gasteiger partial charge in [0.1, 0.15) is 0 Å². The van der Waals surface area contributed by atoms with Gasteiger partial charge in [-0.05, 0) is 93.0 Å². The Kier molecular flexibility index (Phi) is 9.13. The van der Waals surface area contributed by atoms with Gasteiger partial charge in [0, 0.05) is 16.8 Å². The summed E-state index contributed by atoms with van der Waals surface area (Å²) >= 11 is 0. The quantitative estimate of drug-likeness (QED) is 0.151. The summed E-state index contributed by atoms with van der Waals surface area (Å²) in [5, 5.41) is 36.8. The van der Waals surface area contributed by atoms with Gasteiger partial charge in [0.05, 0.1) is 23.3 Å². The van der Waals surface area contributed by atoms with Crippen LogP contribution in [0.1, 0.15) is 92.2 Å². The second-order valence-electron chi connectivity index (χ2n) is 11.8. The number of nitrogens with one attached hydrogen (secondary N) is 3. The monoisotopic (exact) mass is 574 g/mol. The van der Waals surface area contributed by atoms with E-state index in [0.717, 1.165) is 107 Å². The van der Waals surface area contributed by atoms with Gasteiger partial charge in [-0.2, -0.15) is 5.10 Å². The van der Waals surface area contributed by atoms with E-state index in [9.17, 15) is 20.0 Å². The molecule has 10 nitrogen and oxygen atoms in total. The van der Waals surface area contributed by atoms with Gasteiger partial charge in [-0.1, -0.05) is 50.7 Å². The van der Waals surface area contributed by atoms with Gasteiger partial charge in [0.25, 0.3) is 0 Å². The highest BCUT2D eigenvalue weighted by Gasteiger charge is 2.26. The van der Waals surface area contributed by atoms with Crippen LogP contribution in [0.5, 0.6) is 0 Å². The molecule has 2 aromatic carbocycles. The van der Waals surface area contributed by atoms with Crippen molar-refractivity contribution < 1.29 is 20.0 Å². The fourth-order valence-corrected chi connectivity index (χ4v) is 6.07. The molecule has 0 aliphatic heterocycles. The molecule has 0 spiro atoms. The van der Waals surface area contributed by atoms with E-state index >= 15 is 0 Å². The van der Waals surface area contributed by atoms with E-state index in [1.165, 1.54) is 0 Å². The van der Waals surface area contributed by atoms with E-state index in [0.29, 0.717) is 17.1 Å². The molecule has 0 radical (unpaired) electrons. The summed E-state index contributed by atoms with van der Waals surface area (Å²) in [7, 11) is 0. The van der Waals surface area contributed by atoms with Gasteiger partial charge in [0.2, 0.25) is 0 Å². The first-order valence-corrected chi connectivity index (χ1v) is 15.1. The third-order valence-corrected chi connectivity index (χ3v) is 8.80.